The lowest BCUT2D eigenvalue weighted by atomic mass is 10.0. The molecule has 25 heavy (non-hydrogen) atoms. The first kappa shape index (κ1) is 21.4. The number of hydrogen-bond donors (Lipinski definition) is 2. The Morgan fingerprint density at radius 1 is 1.32 bits per heavy atom. The van der Waals surface area contributed by atoms with Crippen LogP contribution in [0.25, 0.3) is 0 Å². The van der Waals surface area contributed by atoms with Crippen LogP contribution in [0.4, 0.5) is 11.5 Å². The van der Waals surface area contributed by atoms with Gasteiger partial charge in [0.15, 0.2) is 0 Å². The summed E-state index contributed by atoms with van der Waals surface area (Å²) >= 11 is 0. The average molecular weight is 392 g/mol. The Balaban J connectivity index is 0.00000156. The van der Waals surface area contributed by atoms with Crippen LogP contribution in [0.3, 0.4) is 0 Å². The van der Waals surface area contributed by atoms with Crippen molar-refractivity contribution in [1.82, 2.24) is 15.2 Å². The van der Waals surface area contributed by atoms with Crippen molar-refractivity contribution in [2.24, 2.45) is 0 Å². The standard InChI is InChI=1S/C15H21N5O3.2ClH/c21-15(13-3-1-2-7-16-13)19-8-6-11(10-19)18-14-5-4-12(9-17-14)20(22)23;;/h4-5,9,11,13,16H,1-3,6-8,10H2,(H,17,18);2*1H/t11?,13-;;/m1../s1. The Morgan fingerprint density at radius 3 is 2.72 bits per heavy atom. The Morgan fingerprint density at radius 2 is 2.12 bits per heavy atom. The van der Waals surface area contributed by atoms with Crippen LogP contribution in [-0.4, -0.2) is 52.4 Å². The fourth-order valence-electron chi connectivity index (χ4n) is 3.15. The lowest BCUT2D eigenvalue weighted by molar-refractivity contribution is -0.385. The van der Waals surface area contributed by atoms with Gasteiger partial charge >= 0.3 is 0 Å². The third-order valence-electron chi connectivity index (χ3n) is 4.42. The SMILES string of the molecule is Cl.Cl.O=C([C@H]1CCCCN1)N1CCC(Nc2ccc([N+](=O)[O-])cn2)C1. The minimum atomic E-state index is -0.468. The second-order valence-corrected chi connectivity index (χ2v) is 6.08. The molecule has 0 bridgehead atoms. The first-order chi connectivity index (χ1) is 11.1. The van der Waals surface area contributed by atoms with Crippen molar-refractivity contribution in [2.75, 3.05) is 25.0 Å². The molecule has 2 atom stereocenters. The number of aromatic nitrogens is 1. The summed E-state index contributed by atoms with van der Waals surface area (Å²) in [6.45, 7) is 2.30. The molecule has 2 aliphatic heterocycles. The summed E-state index contributed by atoms with van der Waals surface area (Å²) in [5.74, 6) is 0.788. The highest BCUT2D eigenvalue weighted by Crippen LogP contribution is 2.19. The number of likely N-dealkylation sites (tertiary alicyclic amines) is 1. The highest BCUT2D eigenvalue weighted by atomic mass is 35.5. The molecule has 2 aliphatic rings. The molecular weight excluding hydrogens is 369 g/mol. The van der Waals surface area contributed by atoms with E-state index in [0.717, 1.165) is 38.8 Å². The molecule has 0 saturated carbocycles. The van der Waals surface area contributed by atoms with Crippen molar-refractivity contribution in [3.8, 4) is 0 Å². The maximum absolute atomic E-state index is 12.5. The molecule has 8 nitrogen and oxygen atoms in total. The van der Waals surface area contributed by atoms with Crippen LogP contribution in [0.5, 0.6) is 0 Å². The Kier molecular flexibility index (Phi) is 8.34. The minimum absolute atomic E-state index is 0. The zero-order valence-corrected chi connectivity index (χ0v) is 15.4. The zero-order chi connectivity index (χ0) is 16.2. The van der Waals surface area contributed by atoms with Gasteiger partial charge in [0.25, 0.3) is 5.69 Å². The van der Waals surface area contributed by atoms with Crippen LogP contribution in [0, 0.1) is 10.1 Å². The Labute approximate surface area is 158 Å². The molecule has 0 radical (unpaired) electrons. The van der Waals surface area contributed by atoms with Gasteiger partial charge in [-0.25, -0.2) is 4.98 Å². The summed E-state index contributed by atoms with van der Waals surface area (Å²) in [4.78, 5) is 28.6. The number of carbonyl (C=O) groups excluding carboxylic acids is 1. The number of pyridine rings is 1. The summed E-state index contributed by atoms with van der Waals surface area (Å²) in [6.07, 6.45) is 5.26. The summed E-state index contributed by atoms with van der Waals surface area (Å²) < 4.78 is 0. The van der Waals surface area contributed by atoms with Crippen molar-refractivity contribution in [2.45, 2.75) is 37.8 Å². The predicted octanol–water partition coefficient (Wildman–Crippen LogP) is 1.99. The summed E-state index contributed by atoms with van der Waals surface area (Å²) in [7, 11) is 0. The number of anilines is 1. The molecule has 2 fully saturated rings. The second-order valence-electron chi connectivity index (χ2n) is 6.08. The number of hydrogen-bond acceptors (Lipinski definition) is 6. The first-order valence-electron chi connectivity index (χ1n) is 8.02. The molecule has 1 aromatic heterocycles. The maximum Gasteiger partial charge on any atom is 0.287 e. The number of amides is 1. The van der Waals surface area contributed by atoms with E-state index in [1.807, 2.05) is 4.90 Å². The largest absolute Gasteiger partial charge is 0.365 e. The number of nitrogens with one attached hydrogen (secondary N) is 2. The van der Waals surface area contributed by atoms with Gasteiger partial charge in [-0.2, -0.15) is 0 Å². The molecule has 0 aromatic carbocycles. The van der Waals surface area contributed by atoms with Crippen molar-refractivity contribution >= 4 is 42.2 Å². The Bertz CT molecular complexity index is 581. The maximum atomic E-state index is 12.5. The van der Waals surface area contributed by atoms with Crippen molar-refractivity contribution < 1.29 is 9.72 Å². The van der Waals surface area contributed by atoms with Crippen LogP contribution in [0.15, 0.2) is 18.3 Å². The monoisotopic (exact) mass is 391 g/mol. The number of piperidine rings is 1. The normalized spacial score (nSPS) is 22.5. The average Bonchev–Trinajstić information content (AvgIpc) is 3.04. The number of nitro groups is 1. The van der Waals surface area contributed by atoms with E-state index in [0.29, 0.717) is 12.4 Å². The topological polar surface area (TPSA) is 100 Å². The molecule has 1 aromatic rings. The van der Waals surface area contributed by atoms with Gasteiger partial charge in [0.05, 0.1) is 11.0 Å². The van der Waals surface area contributed by atoms with Gasteiger partial charge in [-0.15, -0.1) is 24.8 Å². The van der Waals surface area contributed by atoms with E-state index in [2.05, 4.69) is 15.6 Å². The van der Waals surface area contributed by atoms with E-state index in [9.17, 15) is 14.9 Å². The van der Waals surface area contributed by atoms with Crippen molar-refractivity contribution in [3.05, 3.63) is 28.4 Å². The van der Waals surface area contributed by atoms with Gasteiger partial charge in [-0.05, 0) is 31.9 Å². The van der Waals surface area contributed by atoms with Crippen molar-refractivity contribution in [3.63, 3.8) is 0 Å². The molecule has 3 heterocycles. The molecule has 3 rings (SSSR count). The summed E-state index contributed by atoms with van der Waals surface area (Å²) in [5, 5.41) is 17.2. The molecular formula is C15H23Cl2N5O3. The quantitative estimate of drug-likeness (QED) is 0.601. The van der Waals surface area contributed by atoms with Gasteiger partial charge < -0.3 is 15.5 Å². The van der Waals surface area contributed by atoms with E-state index >= 15 is 0 Å². The van der Waals surface area contributed by atoms with Crippen LogP contribution in [0.2, 0.25) is 0 Å². The van der Waals surface area contributed by atoms with Gasteiger partial charge in [0.2, 0.25) is 5.91 Å². The molecule has 140 valence electrons. The van der Waals surface area contributed by atoms with Crippen LogP contribution < -0.4 is 10.6 Å². The van der Waals surface area contributed by atoms with E-state index in [1.54, 1.807) is 6.07 Å². The minimum Gasteiger partial charge on any atom is -0.365 e. The third-order valence-corrected chi connectivity index (χ3v) is 4.42. The van der Waals surface area contributed by atoms with Gasteiger partial charge in [-0.3, -0.25) is 14.9 Å². The molecule has 10 heteroatoms. The van der Waals surface area contributed by atoms with E-state index in [1.165, 1.54) is 12.3 Å². The second kappa shape index (κ2) is 9.74. The highest BCUT2D eigenvalue weighted by molar-refractivity contribution is 5.85. The number of carbonyl (C=O) groups is 1. The van der Waals surface area contributed by atoms with Crippen molar-refractivity contribution in [1.29, 1.82) is 0 Å². The Hall–Kier alpha value is -1.64. The summed E-state index contributed by atoms with van der Waals surface area (Å²) in [5.41, 5.74) is -0.0258. The molecule has 1 unspecified atom stereocenters. The van der Waals surface area contributed by atoms with Gasteiger partial charge in [0.1, 0.15) is 12.0 Å². The highest BCUT2D eigenvalue weighted by Gasteiger charge is 2.31. The van der Waals surface area contributed by atoms with Gasteiger partial charge in [0, 0.05) is 25.2 Å². The lowest BCUT2D eigenvalue weighted by Crippen LogP contribution is -2.48. The zero-order valence-electron chi connectivity index (χ0n) is 13.7. The number of nitrogens with zero attached hydrogens (tertiary/aromatic N) is 3. The van der Waals surface area contributed by atoms with E-state index in [-0.39, 0.29) is 48.5 Å². The lowest BCUT2D eigenvalue weighted by Gasteiger charge is -2.27. The van der Waals surface area contributed by atoms with E-state index < -0.39 is 4.92 Å². The summed E-state index contributed by atoms with van der Waals surface area (Å²) in [6, 6.07) is 3.13. The first-order valence-corrected chi connectivity index (χ1v) is 8.02. The number of rotatable bonds is 4. The van der Waals surface area contributed by atoms with Gasteiger partial charge in [-0.1, -0.05) is 6.42 Å². The molecule has 0 aliphatic carbocycles. The fourth-order valence-corrected chi connectivity index (χ4v) is 3.15. The van der Waals surface area contributed by atoms with Crippen LogP contribution in [0.1, 0.15) is 25.7 Å². The molecule has 1 amide bonds. The smallest absolute Gasteiger partial charge is 0.287 e. The molecule has 0 spiro atoms. The molecule has 2 N–H and O–H groups in total. The van der Waals surface area contributed by atoms with Crippen LogP contribution >= 0.6 is 24.8 Å². The molecule has 2 saturated heterocycles. The number of halogens is 2. The fraction of sp³-hybridized carbons (Fsp3) is 0.600. The van der Waals surface area contributed by atoms with Crippen LogP contribution in [-0.2, 0) is 4.79 Å². The predicted molar refractivity (Wildman–Crippen MR) is 99.6 cm³/mol. The van der Waals surface area contributed by atoms with E-state index in [4.69, 9.17) is 0 Å². The third kappa shape index (κ3) is 5.42.